The molecule has 2 aliphatic rings. The average molecular weight is 461 g/mol. The summed E-state index contributed by atoms with van der Waals surface area (Å²) < 4.78 is 135. The molecule has 0 bridgehead atoms. The van der Waals surface area contributed by atoms with Crippen LogP contribution in [0.25, 0.3) is 0 Å². The van der Waals surface area contributed by atoms with Crippen molar-refractivity contribution in [2.45, 2.75) is 36.7 Å². The second-order valence-corrected chi connectivity index (χ2v) is 9.41. The monoisotopic (exact) mass is 461 g/mol. The van der Waals surface area contributed by atoms with Crippen molar-refractivity contribution in [2.75, 3.05) is 0 Å². The highest BCUT2D eigenvalue weighted by Gasteiger charge is 2.87. The molecule has 0 amide bonds. The Morgan fingerprint density at radius 3 is 1.53 bits per heavy atom. The molecule has 2 aromatic carbocycles. The molecule has 0 aliphatic carbocycles. The van der Waals surface area contributed by atoms with Crippen molar-refractivity contribution in [3.05, 3.63) is 59.7 Å². The number of halogens is 9. The summed E-state index contributed by atoms with van der Waals surface area (Å²) in [5.41, 5.74) is -9.88. The van der Waals surface area contributed by atoms with Gasteiger partial charge in [-0.1, -0.05) is 36.4 Å². The highest BCUT2D eigenvalue weighted by atomic mass is 31.2. The molecule has 30 heavy (non-hydrogen) atoms. The largest absolute Gasteiger partial charge is 0.435 e. The molecule has 0 radical (unpaired) electrons. The van der Waals surface area contributed by atoms with Gasteiger partial charge in [0.1, 0.15) is 0 Å². The predicted molar refractivity (Wildman–Crippen MR) is 88.4 cm³/mol. The molecule has 1 unspecified atom stereocenters. The van der Waals surface area contributed by atoms with Crippen LogP contribution in [-0.2, 0) is 20.2 Å². The summed E-state index contributed by atoms with van der Waals surface area (Å²) in [5, 5.41) is -1.15. The summed E-state index contributed by atoms with van der Waals surface area (Å²) in [6.45, 7) is 0.563. The molecule has 0 fully saturated rings. The first kappa shape index (κ1) is 21.4. The predicted octanol–water partition coefficient (Wildman–Crippen LogP) is 5.64. The van der Waals surface area contributed by atoms with E-state index in [9.17, 15) is 39.5 Å². The maximum Gasteiger partial charge on any atom is 0.435 e. The second-order valence-electron chi connectivity index (χ2n) is 6.98. The fraction of sp³-hybridized carbons (Fsp3) is 0.333. The topological polar surface area (TPSA) is 18.5 Å². The van der Waals surface area contributed by atoms with E-state index >= 15 is 0 Å². The van der Waals surface area contributed by atoms with Crippen LogP contribution in [0.5, 0.6) is 0 Å². The molecule has 0 N–H and O–H groups in total. The fourth-order valence-electron chi connectivity index (χ4n) is 3.83. The standard InChI is InChI=1S/C18H11F9O2P/c1-14(16(19,20)21)10-6-2-4-8-12(10)30(28-14)13-9-5-3-7-11(13)15(29-30,17(22,23)24)18(25,26)27/h2-9H,1H3/q+1/t14-,30?/m0/s1. The lowest BCUT2D eigenvalue weighted by atomic mass is 9.92. The maximum absolute atomic E-state index is 13.9. The molecule has 2 atom stereocenters. The van der Waals surface area contributed by atoms with Gasteiger partial charge in [0.2, 0.25) is 5.60 Å². The number of hydrogen-bond acceptors (Lipinski definition) is 2. The van der Waals surface area contributed by atoms with E-state index in [-0.39, 0.29) is 0 Å². The van der Waals surface area contributed by atoms with E-state index in [1.807, 2.05) is 0 Å². The first-order chi connectivity index (χ1) is 13.6. The minimum Gasteiger partial charge on any atom is -0.175 e. The van der Waals surface area contributed by atoms with Crippen LogP contribution in [-0.4, -0.2) is 18.5 Å². The van der Waals surface area contributed by atoms with Crippen LogP contribution in [0.1, 0.15) is 18.1 Å². The van der Waals surface area contributed by atoms with Gasteiger partial charge in [-0.2, -0.15) is 48.6 Å². The average Bonchev–Trinajstić information content (AvgIpc) is 3.07. The molecular formula is C18H11F9O2P+. The van der Waals surface area contributed by atoms with Gasteiger partial charge in [0.15, 0.2) is 10.6 Å². The van der Waals surface area contributed by atoms with Gasteiger partial charge >= 0.3 is 31.8 Å². The van der Waals surface area contributed by atoms with Gasteiger partial charge in [-0.05, 0) is 19.1 Å². The van der Waals surface area contributed by atoms with Crippen LogP contribution in [0.4, 0.5) is 39.5 Å². The van der Waals surface area contributed by atoms with Crippen LogP contribution in [0, 0.1) is 0 Å². The first-order valence-corrected chi connectivity index (χ1v) is 9.95. The van der Waals surface area contributed by atoms with E-state index in [0.717, 1.165) is 30.3 Å². The van der Waals surface area contributed by atoms with E-state index < -0.39 is 59.2 Å². The lowest BCUT2D eigenvalue weighted by molar-refractivity contribution is -0.364. The maximum atomic E-state index is 13.9. The van der Waals surface area contributed by atoms with Crippen LogP contribution in [0.15, 0.2) is 48.5 Å². The van der Waals surface area contributed by atoms with Crippen molar-refractivity contribution < 1.29 is 48.6 Å². The van der Waals surface area contributed by atoms with E-state index in [2.05, 4.69) is 0 Å². The quantitative estimate of drug-likeness (QED) is 0.374. The molecular weight excluding hydrogens is 450 g/mol. The smallest absolute Gasteiger partial charge is 0.175 e. The SMILES string of the molecule is C[C@]1(C(F)(F)F)O[P+]2(OC(C(F)(F)F)(C(F)(F)F)c3ccccc32)c2ccccc21. The number of hydrogen-bond donors (Lipinski definition) is 0. The van der Waals surface area contributed by atoms with Crippen molar-refractivity contribution in [2.24, 2.45) is 0 Å². The third-order valence-electron chi connectivity index (χ3n) is 5.25. The van der Waals surface area contributed by atoms with E-state index in [1.165, 1.54) is 12.1 Å². The Morgan fingerprint density at radius 2 is 1.07 bits per heavy atom. The van der Waals surface area contributed by atoms with E-state index in [1.54, 1.807) is 0 Å². The summed E-state index contributed by atoms with van der Waals surface area (Å²) in [6, 6.07) is 7.88. The minimum absolute atomic E-state index is 0.465. The van der Waals surface area contributed by atoms with Crippen molar-refractivity contribution in [3.8, 4) is 0 Å². The summed E-state index contributed by atoms with van der Waals surface area (Å²) >= 11 is 0. The van der Waals surface area contributed by atoms with E-state index in [0.29, 0.717) is 13.0 Å². The van der Waals surface area contributed by atoms with Gasteiger partial charge in [-0.25, -0.2) is 0 Å². The van der Waals surface area contributed by atoms with Gasteiger partial charge in [0, 0.05) is 5.56 Å². The lowest BCUT2D eigenvalue weighted by Crippen LogP contribution is -2.54. The molecule has 2 aliphatic heterocycles. The Morgan fingerprint density at radius 1 is 0.633 bits per heavy atom. The second kappa shape index (κ2) is 5.89. The fourth-order valence-corrected chi connectivity index (χ4v) is 7.65. The number of benzene rings is 2. The van der Waals surface area contributed by atoms with Gasteiger partial charge < -0.3 is 0 Å². The number of alkyl halides is 9. The van der Waals surface area contributed by atoms with Gasteiger partial charge in [-0.3, -0.25) is 0 Å². The van der Waals surface area contributed by atoms with Crippen LogP contribution < -0.4 is 10.6 Å². The van der Waals surface area contributed by atoms with Gasteiger partial charge in [0.05, 0.1) is 5.56 Å². The molecule has 162 valence electrons. The van der Waals surface area contributed by atoms with Gasteiger partial charge in [-0.15, -0.1) is 0 Å². The van der Waals surface area contributed by atoms with Crippen LogP contribution in [0.2, 0.25) is 0 Å². The van der Waals surface area contributed by atoms with E-state index in [4.69, 9.17) is 9.05 Å². The Bertz CT molecular complexity index is 1000. The first-order valence-electron chi connectivity index (χ1n) is 8.33. The molecule has 2 aromatic rings. The highest BCUT2D eigenvalue weighted by molar-refractivity contribution is 7.82. The van der Waals surface area contributed by atoms with Crippen molar-refractivity contribution in [3.63, 3.8) is 0 Å². The molecule has 0 saturated heterocycles. The molecule has 12 heteroatoms. The third-order valence-corrected chi connectivity index (χ3v) is 8.45. The Hall–Kier alpha value is -1.84. The van der Waals surface area contributed by atoms with Crippen molar-refractivity contribution in [1.29, 1.82) is 0 Å². The minimum atomic E-state index is -6.01. The Balaban J connectivity index is 2.10. The zero-order chi connectivity index (χ0) is 22.4. The lowest BCUT2D eigenvalue weighted by Gasteiger charge is -2.32. The van der Waals surface area contributed by atoms with Crippen LogP contribution >= 0.6 is 7.72 Å². The number of fused-ring (bicyclic) bond motifs is 4. The number of rotatable bonds is 0. The van der Waals surface area contributed by atoms with Crippen molar-refractivity contribution in [1.82, 2.24) is 0 Å². The Kier molecular flexibility index (Phi) is 4.20. The summed E-state index contributed by atoms with van der Waals surface area (Å²) in [5.74, 6) is 0. The molecule has 0 saturated carbocycles. The molecule has 2 heterocycles. The summed E-state index contributed by atoms with van der Waals surface area (Å²) in [7, 11) is -4.67. The molecule has 1 spiro atoms. The molecule has 0 aromatic heterocycles. The zero-order valence-corrected chi connectivity index (χ0v) is 15.7. The zero-order valence-electron chi connectivity index (χ0n) is 14.8. The third kappa shape index (κ3) is 2.39. The highest BCUT2D eigenvalue weighted by Crippen LogP contribution is 2.79. The summed E-state index contributed by atoms with van der Waals surface area (Å²) in [4.78, 5) is 0. The molecule has 4 rings (SSSR count). The van der Waals surface area contributed by atoms with Gasteiger partial charge in [0.25, 0.3) is 0 Å². The molecule has 2 nitrogen and oxygen atoms in total. The van der Waals surface area contributed by atoms with Crippen LogP contribution in [0.3, 0.4) is 0 Å². The normalized spacial score (nSPS) is 27.9. The summed E-state index contributed by atoms with van der Waals surface area (Å²) in [6.07, 6.45) is -17.2. The van der Waals surface area contributed by atoms with Crippen molar-refractivity contribution >= 4 is 18.3 Å². The Labute approximate surface area is 164 Å².